The summed E-state index contributed by atoms with van der Waals surface area (Å²) in [6.07, 6.45) is 1.86. The third-order valence-electron chi connectivity index (χ3n) is 4.17. The van der Waals surface area contributed by atoms with Crippen LogP contribution in [0.2, 0.25) is 0 Å². The van der Waals surface area contributed by atoms with Crippen LogP contribution < -0.4 is 15.0 Å². The molecule has 1 saturated heterocycles. The summed E-state index contributed by atoms with van der Waals surface area (Å²) in [7, 11) is 0. The normalized spacial score (nSPS) is 18.0. The minimum absolute atomic E-state index is 0.0502. The first-order valence-corrected chi connectivity index (χ1v) is 8.98. The van der Waals surface area contributed by atoms with Crippen LogP contribution in [0.4, 0.5) is 14.5 Å². The number of aromatic nitrogens is 1. The van der Waals surface area contributed by atoms with E-state index in [0.29, 0.717) is 18.2 Å². The number of carbonyl (C=O) groups excluding carboxylic acids is 2. The van der Waals surface area contributed by atoms with Crippen molar-refractivity contribution in [3.63, 3.8) is 0 Å². The zero-order valence-corrected chi connectivity index (χ0v) is 15.3. The topological polar surface area (TPSA) is 80.8 Å². The minimum atomic E-state index is -2.72. The Morgan fingerprint density at radius 1 is 1.33 bits per heavy atom. The van der Waals surface area contributed by atoms with Gasteiger partial charge in [0.1, 0.15) is 17.9 Å². The monoisotopic (exact) mass is 383 g/mol. The van der Waals surface area contributed by atoms with Gasteiger partial charge >= 0.3 is 5.97 Å². The number of pyridine rings is 1. The first-order valence-electron chi connectivity index (χ1n) is 8.98. The molecule has 1 amide bonds. The van der Waals surface area contributed by atoms with E-state index in [0.717, 1.165) is 12.8 Å². The molecule has 0 bridgehead atoms. The number of halogens is 2. The fourth-order valence-corrected chi connectivity index (χ4v) is 2.62. The molecule has 3 rings (SSSR count). The number of rotatable bonds is 8. The first kappa shape index (κ1) is 19.3. The summed E-state index contributed by atoms with van der Waals surface area (Å²) in [4.78, 5) is 29.4. The Kier molecular flexibility index (Phi) is 5.48. The summed E-state index contributed by atoms with van der Waals surface area (Å²) in [6, 6.07) is 2.98. The molecule has 1 aromatic rings. The van der Waals surface area contributed by atoms with E-state index in [1.807, 2.05) is 0 Å². The summed E-state index contributed by atoms with van der Waals surface area (Å²) in [5.41, 5.74) is 0.492. The predicted octanol–water partition coefficient (Wildman–Crippen LogP) is 2.01. The second-order valence-electron chi connectivity index (χ2n) is 7.21. The maximum absolute atomic E-state index is 13.2. The van der Waals surface area contributed by atoms with Gasteiger partial charge in [0.25, 0.3) is 11.8 Å². The second-order valence-corrected chi connectivity index (χ2v) is 7.21. The fraction of sp³-hybridized carbons (Fsp3) is 0.611. The molecule has 2 aliphatic rings. The summed E-state index contributed by atoms with van der Waals surface area (Å²) in [5, 5.41) is 2.43. The molecule has 1 aliphatic heterocycles. The van der Waals surface area contributed by atoms with Crippen LogP contribution >= 0.6 is 0 Å². The minimum Gasteiger partial charge on any atom is -0.476 e. The molecule has 1 N–H and O–H groups in total. The third kappa shape index (κ3) is 5.27. The first-order chi connectivity index (χ1) is 12.7. The molecule has 148 valence electrons. The highest BCUT2D eigenvalue weighted by atomic mass is 19.3. The highest BCUT2D eigenvalue weighted by Gasteiger charge is 2.45. The molecule has 1 aromatic heterocycles. The van der Waals surface area contributed by atoms with Crippen molar-refractivity contribution in [3.8, 4) is 5.88 Å². The van der Waals surface area contributed by atoms with Crippen LogP contribution in [0.15, 0.2) is 12.1 Å². The van der Waals surface area contributed by atoms with Crippen LogP contribution in [-0.4, -0.2) is 55.1 Å². The van der Waals surface area contributed by atoms with Crippen LogP contribution in [0.25, 0.3) is 0 Å². The molecule has 0 radical (unpaired) electrons. The van der Waals surface area contributed by atoms with Crippen LogP contribution in [0.3, 0.4) is 0 Å². The van der Waals surface area contributed by atoms with E-state index in [9.17, 15) is 18.4 Å². The Balaban J connectivity index is 1.67. The second kappa shape index (κ2) is 7.66. The van der Waals surface area contributed by atoms with Gasteiger partial charge in [0, 0.05) is 0 Å². The van der Waals surface area contributed by atoms with Crippen molar-refractivity contribution in [2.75, 3.05) is 31.1 Å². The Morgan fingerprint density at radius 3 is 2.63 bits per heavy atom. The highest BCUT2D eigenvalue weighted by molar-refractivity contribution is 5.94. The van der Waals surface area contributed by atoms with E-state index in [1.165, 1.54) is 11.0 Å². The number of nitrogens with zero attached hydrogens (tertiary/aromatic N) is 2. The smallest absolute Gasteiger partial charge is 0.325 e. The zero-order valence-electron chi connectivity index (χ0n) is 15.3. The van der Waals surface area contributed by atoms with Gasteiger partial charge in [-0.3, -0.25) is 9.59 Å². The van der Waals surface area contributed by atoms with E-state index in [2.05, 4.69) is 10.3 Å². The molecule has 1 saturated carbocycles. The molecule has 9 heteroatoms. The quantitative estimate of drug-likeness (QED) is 0.692. The number of amides is 1. The number of ether oxygens (including phenoxy) is 2. The average Bonchev–Trinajstić information content (AvgIpc) is 3.39. The Hall–Kier alpha value is -2.45. The van der Waals surface area contributed by atoms with Crippen molar-refractivity contribution in [2.45, 2.75) is 38.7 Å². The summed E-state index contributed by atoms with van der Waals surface area (Å²) in [6.45, 7) is 2.78. The van der Waals surface area contributed by atoms with Gasteiger partial charge in [-0.2, -0.15) is 0 Å². The number of esters is 1. The lowest BCUT2D eigenvalue weighted by molar-refractivity contribution is -0.146. The maximum Gasteiger partial charge on any atom is 0.325 e. The summed E-state index contributed by atoms with van der Waals surface area (Å²) < 4.78 is 37.0. The lowest BCUT2D eigenvalue weighted by Crippen LogP contribution is -2.56. The summed E-state index contributed by atoms with van der Waals surface area (Å²) in [5.74, 6) is -3.23. The number of alkyl halides is 2. The number of hydrogen-bond donors (Lipinski definition) is 1. The van der Waals surface area contributed by atoms with Gasteiger partial charge < -0.3 is 19.7 Å². The van der Waals surface area contributed by atoms with Gasteiger partial charge in [-0.05, 0) is 44.7 Å². The lowest BCUT2D eigenvalue weighted by Gasteiger charge is -2.40. The standard InChI is InChI=1S/C18H23F2N3O4/c1-11(2)27-15(24)7-21-16(25)13-5-6-14(23-9-18(19,20)10-23)17(22-13)26-8-12-3-4-12/h5-6,11-12H,3-4,7-10H2,1-2H3,(H,21,25). The van der Waals surface area contributed by atoms with Crippen molar-refractivity contribution < 1.29 is 27.8 Å². The van der Waals surface area contributed by atoms with Crippen LogP contribution in [0, 0.1) is 5.92 Å². The molecular formula is C18H23F2N3O4. The third-order valence-corrected chi connectivity index (χ3v) is 4.17. The number of anilines is 1. The molecule has 2 heterocycles. The van der Waals surface area contributed by atoms with Crippen molar-refractivity contribution in [2.24, 2.45) is 5.92 Å². The van der Waals surface area contributed by atoms with E-state index < -0.39 is 30.9 Å². The molecular weight excluding hydrogens is 360 g/mol. The molecule has 0 spiro atoms. The summed E-state index contributed by atoms with van der Waals surface area (Å²) >= 11 is 0. The fourth-order valence-electron chi connectivity index (χ4n) is 2.62. The van der Waals surface area contributed by atoms with Gasteiger partial charge in [-0.15, -0.1) is 0 Å². The Labute approximate surface area is 156 Å². The van der Waals surface area contributed by atoms with E-state index in [4.69, 9.17) is 9.47 Å². The van der Waals surface area contributed by atoms with Crippen LogP contribution in [-0.2, 0) is 9.53 Å². The number of nitrogens with one attached hydrogen (secondary N) is 1. The SMILES string of the molecule is CC(C)OC(=O)CNC(=O)c1ccc(N2CC(F)(F)C2)c(OCC2CC2)n1. The average molecular weight is 383 g/mol. The van der Waals surface area contributed by atoms with Gasteiger partial charge in [0.05, 0.1) is 25.8 Å². The van der Waals surface area contributed by atoms with Crippen LogP contribution in [0.1, 0.15) is 37.2 Å². The molecule has 7 nitrogen and oxygen atoms in total. The van der Waals surface area contributed by atoms with Gasteiger partial charge in [-0.1, -0.05) is 0 Å². The van der Waals surface area contributed by atoms with Gasteiger partial charge in [-0.25, -0.2) is 13.8 Å². The van der Waals surface area contributed by atoms with E-state index in [-0.39, 0.29) is 24.2 Å². The predicted molar refractivity (Wildman–Crippen MR) is 93.2 cm³/mol. The van der Waals surface area contributed by atoms with Gasteiger partial charge in [0.15, 0.2) is 0 Å². The van der Waals surface area contributed by atoms with Crippen molar-refractivity contribution in [1.82, 2.24) is 10.3 Å². The highest BCUT2D eigenvalue weighted by Crippen LogP contribution is 2.37. The maximum atomic E-state index is 13.2. The van der Waals surface area contributed by atoms with Crippen molar-refractivity contribution >= 4 is 17.6 Å². The van der Waals surface area contributed by atoms with Crippen molar-refractivity contribution in [1.29, 1.82) is 0 Å². The lowest BCUT2D eigenvalue weighted by atomic mass is 10.1. The van der Waals surface area contributed by atoms with Crippen LogP contribution in [0.5, 0.6) is 5.88 Å². The molecule has 0 aromatic carbocycles. The molecule has 0 unspecified atom stereocenters. The number of carbonyl (C=O) groups is 2. The van der Waals surface area contributed by atoms with Crippen molar-refractivity contribution in [3.05, 3.63) is 17.8 Å². The molecule has 2 fully saturated rings. The molecule has 1 aliphatic carbocycles. The van der Waals surface area contributed by atoms with E-state index in [1.54, 1.807) is 19.9 Å². The zero-order chi connectivity index (χ0) is 19.6. The Morgan fingerprint density at radius 2 is 2.04 bits per heavy atom. The molecule has 27 heavy (non-hydrogen) atoms. The van der Waals surface area contributed by atoms with E-state index >= 15 is 0 Å². The van der Waals surface area contributed by atoms with Gasteiger partial charge in [0.2, 0.25) is 5.88 Å². The largest absolute Gasteiger partial charge is 0.476 e. The molecule has 0 atom stereocenters. The number of hydrogen-bond acceptors (Lipinski definition) is 6. The Bertz CT molecular complexity index is 715.